The fourth-order valence-corrected chi connectivity index (χ4v) is 2.83. The summed E-state index contributed by atoms with van der Waals surface area (Å²) in [5.74, 6) is 0.913. The van der Waals surface area contributed by atoms with Crippen LogP contribution in [0, 0.1) is 3.57 Å². The smallest absolute Gasteiger partial charge is 0.235 e. The van der Waals surface area contributed by atoms with Gasteiger partial charge in [0.15, 0.2) is 5.82 Å². The lowest BCUT2D eigenvalue weighted by atomic mass is 10.2. The van der Waals surface area contributed by atoms with Crippen molar-refractivity contribution in [2.75, 3.05) is 7.11 Å². The normalized spacial score (nSPS) is 11.3. The van der Waals surface area contributed by atoms with Crippen LogP contribution in [0.1, 0.15) is 5.82 Å². The average molecular weight is 388 g/mol. The molecule has 3 rings (SSSR count). The second kappa shape index (κ2) is 5.02. The van der Waals surface area contributed by atoms with E-state index in [2.05, 4.69) is 37.9 Å². The van der Waals surface area contributed by atoms with E-state index < -0.39 is 0 Å². The van der Waals surface area contributed by atoms with E-state index in [0.29, 0.717) is 17.4 Å². The van der Waals surface area contributed by atoms with Crippen molar-refractivity contribution < 1.29 is 9.84 Å². The predicted octanol–water partition coefficient (Wildman–Crippen LogP) is 2.31. The van der Waals surface area contributed by atoms with Gasteiger partial charge in [0.25, 0.3) is 0 Å². The summed E-state index contributed by atoms with van der Waals surface area (Å²) in [5, 5.41) is 23.0. The number of fused-ring (bicyclic) bond motifs is 1. The summed E-state index contributed by atoms with van der Waals surface area (Å²) in [7, 11) is 1.60. The van der Waals surface area contributed by atoms with Crippen LogP contribution in [0.25, 0.3) is 15.5 Å². The lowest BCUT2D eigenvalue weighted by Crippen LogP contribution is -1.97. The Balaban J connectivity index is 2.07. The number of hydrogen-bond acceptors (Lipinski definition) is 6. The Morgan fingerprint density at radius 1 is 1.42 bits per heavy atom. The van der Waals surface area contributed by atoms with Gasteiger partial charge < -0.3 is 9.84 Å². The number of ether oxygens (including phenoxy) is 1. The van der Waals surface area contributed by atoms with Crippen molar-refractivity contribution in [2.24, 2.45) is 0 Å². The first-order chi connectivity index (χ1) is 9.19. The van der Waals surface area contributed by atoms with Gasteiger partial charge in [-0.3, -0.25) is 0 Å². The van der Waals surface area contributed by atoms with E-state index in [-0.39, 0.29) is 5.75 Å². The summed E-state index contributed by atoms with van der Waals surface area (Å²) < 4.78 is 7.52. The SMILES string of the molecule is COCc1nnc2sc(-c3ccc(I)c(O)c3)nn12. The highest BCUT2D eigenvalue weighted by molar-refractivity contribution is 14.1. The Morgan fingerprint density at radius 3 is 3.00 bits per heavy atom. The lowest BCUT2D eigenvalue weighted by Gasteiger charge is -1.99. The van der Waals surface area contributed by atoms with E-state index in [1.165, 1.54) is 11.3 Å². The molecule has 1 N–H and O–H groups in total. The molecule has 3 aromatic rings. The highest BCUT2D eigenvalue weighted by atomic mass is 127. The number of phenolic OH excluding ortho intramolecular Hbond substituents is 1. The number of hydrogen-bond donors (Lipinski definition) is 1. The summed E-state index contributed by atoms with van der Waals surface area (Å²) in [6.45, 7) is 0.363. The number of nitrogens with zero attached hydrogens (tertiary/aromatic N) is 4. The number of methoxy groups -OCH3 is 1. The molecule has 0 unspecified atom stereocenters. The number of halogens is 1. The summed E-state index contributed by atoms with van der Waals surface area (Å²) in [5.41, 5.74) is 0.858. The van der Waals surface area contributed by atoms with E-state index in [4.69, 9.17) is 4.74 Å². The molecular formula is C11H9IN4O2S. The maximum absolute atomic E-state index is 9.74. The van der Waals surface area contributed by atoms with Crippen molar-refractivity contribution >= 4 is 38.9 Å². The van der Waals surface area contributed by atoms with Gasteiger partial charge in [-0.15, -0.1) is 10.2 Å². The summed E-state index contributed by atoms with van der Waals surface area (Å²) >= 11 is 3.50. The number of benzene rings is 1. The van der Waals surface area contributed by atoms with Gasteiger partial charge in [0.1, 0.15) is 17.4 Å². The Labute approximate surface area is 126 Å². The summed E-state index contributed by atoms with van der Waals surface area (Å²) in [6.07, 6.45) is 0. The van der Waals surface area contributed by atoms with Crippen LogP contribution >= 0.6 is 33.9 Å². The van der Waals surface area contributed by atoms with Gasteiger partial charge in [-0.1, -0.05) is 17.4 Å². The minimum atomic E-state index is 0.251. The molecule has 0 atom stereocenters. The minimum Gasteiger partial charge on any atom is -0.507 e. The molecular weight excluding hydrogens is 379 g/mol. The molecule has 2 heterocycles. The van der Waals surface area contributed by atoms with Gasteiger partial charge in [0.05, 0.1) is 3.57 Å². The minimum absolute atomic E-state index is 0.251. The third kappa shape index (κ3) is 2.30. The van der Waals surface area contributed by atoms with Crippen LogP contribution in [0.15, 0.2) is 18.2 Å². The molecule has 6 nitrogen and oxygen atoms in total. The second-order valence-corrected chi connectivity index (χ2v) is 5.94. The predicted molar refractivity (Wildman–Crippen MR) is 79.2 cm³/mol. The molecule has 0 saturated heterocycles. The number of phenols is 1. The van der Waals surface area contributed by atoms with E-state index in [1.807, 2.05) is 12.1 Å². The molecule has 0 saturated carbocycles. The molecule has 2 aromatic heterocycles. The van der Waals surface area contributed by atoms with Gasteiger partial charge in [-0.05, 0) is 34.7 Å². The van der Waals surface area contributed by atoms with Crippen LogP contribution in [0.2, 0.25) is 0 Å². The van der Waals surface area contributed by atoms with Crippen molar-refractivity contribution in [1.82, 2.24) is 19.8 Å². The maximum atomic E-state index is 9.74. The monoisotopic (exact) mass is 388 g/mol. The quantitative estimate of drug-likeness (QED) is 0.698. The Hall–Kier alpha value is -1.26. The van der Waals surface area contributed by atoms with Crippen molar-refractivity contribution in [3.8, 4) is 16.3 Å². The molecule has 98 valence electrons. The fraction of sp³-hybridized carbons (Fsp3) is 0.182. The molecule has 0 fully saturated rings. The van der Waals surface area contributed by atoms with Crippen LogP contribution < -0.4 is 0 Å². The fourth-order valence-electron chi connectivity index (χ4n) is 1.64. The molecule has 0 aliphatic rings. The van der Waals surface area contributed by atoms with Crippen molar-refractivity contribution in [3.63, 3.8) is 0 Å². The molecule has 0 radical (unpaired) electrons. The highest BCUT2D eigenvalue weighted by Gasteiger charge is 2.13. The van der Waals surface area contributed by atoms with Gasteiger partial charge in [0, 0.05) is 12.7 Å². The topological polar surface area (TPSA) is 72.5 Å². The molecule has 8 heteroatoms. The van der Waals surface area contributed by atoms with Crippen LogP contribution in [-0.2, 0) is 11.3 Å². The Kier molecular flexibility index (Phi) is 3.37. The average Bonchev–Trinajstić information content (AvgIpc) is 2.95. The van der Waals surface area contributed by atoms with Crippen LogP contribution in [-0.4, -0.2) is 32.0 Å². The molecule has 0 spiro atoms. The van der Waals surface area contributed by atoms with E-state index >= 15 is 0 Å². The Bertz CT molecular complexity index is 739. The lowest BCUT2D eigenvalue weighted by molar-refractivity contribution is 0.176. The van der Waals surface area contributed by atoms with Gasteiger partial charge in [0.2, 0.25) is 4.96 Å². The standard InChI is InChI=1S/C11H9IN4O2S/c1-18-5-9-13-14-11-16(9)15-10(19-11)6-2-3-7(12)8(17)4-6/h2-4,17H,5H2,1H3. The molecule has 0 bridgehead atoms. The zero-order valence-electron chi connectivity index (χ0n) is 9.87. The van der Waals surface area contributed by atoms with E-state index in [0.717, 1.165) is 14.1 Å². The second-order valence-electron chi connectivity index (χ2n) is 3.82. The largest absolute Gasteiger partial charge is 0.507 e. The number of aromatic hydroxyl groups is 1. The zero-order chi connectivity index (χ0) is 13.4. The van der Waals surface area contributed by atoms with Gasteiger partial charge in [-0.2, -0.15) is 9.61 Å². The Morgan fingerprint density at radius 2 is 2.26 bits per heavy atom. The first-order valence-corrected chi connectivity index (χ1v) is 7.27. The first-order valence-electron chi connectivity index (χ1n) is 5.38. The van der Waals surface area contributed by atoms with Crippen molar-refractivity contribution in [1.29, 1.82) is 0 Å². The first kappa shape index (κ1) is 12.8. The molecule has 19 heavy (non-hydrogen) atoms. The molecule has 1 aromatic carbocycles. The third-order valence-corrected chi connectivity index (χ3v) is 4.38. The molecule has 0 amide bonds. The number of aromatic nitrogens is 4. The molecule has 0 aliphatic heterocycles. The van der Waals surface area contributed by atoms with Gasteiger partial charge in [-0.25, -0.2) is 0 Å². The van der Waals surface area contributed by atoms with Crippen molar-refractivity contribution in [3.05, 3.63) is 27.6 Å². The van der Waals surface area contributed by atoms with Crippen LogP contribution in [0.4, 0.5) is 0 Å². The summed E-state index contributed by atoms with van der Waals surface area (Å²) in [6, 6.07) is 5.47. The summed E-state index contributed by atoms with van der Waals surface area (Å²) in [4.78, 5) is 0.708. The number of rotatable bonds is 3. The van der Waals surface area contributed by atoms with Crippen LogP contribution in [0.3, 0.4) is 0 Å². The zero-order valence-corrected chi connectivity index (χ0v) is 12.8. The van der Waals surface area contributed by atoms with Crippen molar-refractivity contribution in [2.45, 2.75) is 6.61 Å². The van der Waals surface area contributed by atoms with Gasteiger partial charge >= 0.3 is 0 Å². The third-order valence-electron chi connectivity index (χ3n) is 2.52. The van der Waals surface area contributed by atoms with Crippen LogP contribution in [0.5, 0.6) is 5.75 Å². The van der Waals surface area contributed by atoms with E-state index in [1.54, 1.807) is 17.7 Å². The maximum Gasteiger partial charge on any atom is 0.235 e. The highest BCUT2D eigenvalue weighted by Crippen LogP contribution is 2.30. The van der Waals surface area contributed by atoms with E-state index in [9.17, 15) is 5.11 Å². The molecule has 0 aliphatic carbocycles.